The van der Waals surface area contributed by atoms with Gasteiger partial charge in [0.1, 0.15) is 5.82 Å². The zero-order valence-corrected chi connectivity index (χ0v) is 11.1. The number of aromatic nitrogens is 1. The third kappa shape index (κ3) is 4.65. The van der Waals surface area contributed by atoms with Crippen molar-refractivity contribution in [1.82, 2.24) is 4.98 Å². The number of pyridine rings is 1. The van der Waals surface area contributed by atoms with Crippen molar-refractivity contribution in [2.45, 2.75) is 39.5 Å². The predicted molar refractivity (Wildman–Crippen MR) is 69.3 cm³/mol. The second kappa shape index (κ2) is 6.83. The second-order valence-electron chi connectivity index (χ2n) is 3.83. The fourth-order valence-corrected chi connectivity index (χ4v) is 2.03. The van der Waals surface area contributed by atoms with Gasteiger partial charge in [0.05, 0.1) is 4.47 Å². The number of aryl methyl sites for hydroxylation is 1. The number of hydrogen-bond acceptors (Lipinski definition) is 2. The number of rotatable bonds is 6. The van der Waals surface area contributed by atoms with Crippen LogP contribution >= 0.6 is 15.9 Å². The van der Waals surface area contributed by atoms with E-state index in [4.69, 9.17) is 0 Å². The highest BCUT2D eigenvalue weighted by Gasteiger charge is 1.99. The molecule has 0 saturated carbocycles. The Balaban J connectivity index is 2.31. The van der Waals surface area contributed by atoms with Crippen molar-refractivity contribution in [3.63, 3.8) is 0 Å². The fourth-order valence-electron chi connectivity index (χ4n) is 1.42. The van der Waals surface area contributed by atoms with Crippen molar-refractivity contribution in [3.05, 3.63) is 22.3 Å². The molecule has 2 nitrogen and oxygen atoms in total. The number of halogens is 1. The van der Waals surface area contributed by atoms with Gasteiger partial charge in [0.25, 0.3) is 0 Å². The molecule has 0 spiro atoms. The lowest BCUT2D eigenvalue weighted by Gasteiger charge is -2.07. The maximum Gasteiger partial charge on any atom is 0.140 e. The summed E-state index contributed by atoms with van der Waals surface area (Å²) in [7, 11) is 0. The molecule has 15 heavy (non-hydrogen) atoms. The van der Waals surface area contributed by atoms with Gasteiger partial charge in [-0.25, -0.2) is 4.98 Å². The van der Waals surface area contributed by atoms with Gasteiger partial charge < -0.3 is 5.32 Å². The molecule has 1 aromatic rings. The highest BCUT2D eigenvalue weighted by Crippen LogP contribution is 2.20. The molecule has 0 radical (unpaired) electrons. The molecular weight excluding hydrogens is 252 g/mol. The van der Waals surface area contributed by atoms with Crippen LogP contribution in [-0.2, 0) is 0 Å². The van der Waals surface area contributed by atoms with Crippen molar-refractivity contribution in [2.75, 3.05) is 11.9 Å². The summed E-state index contributed by atoms with van der Waals surface area (Å²) >= 11 is 3.50. The van der Waals surface area contributed by atoms with E-state index >= 15 is 0 Å². The van der Waals surface area contributed by atoms with E-state index in [1.165, 1.54) is 31.2 Å². The summed E-state index contributed by atoms with van der Waals surface area (Å²) in [6.07, 6.45) is 7.01. The molecule has 0 saturated heterocycles. The van der Waals surface area contributed by atoms with Crippen LogP contribution in [0.3, 0.4) is 0 Å². The summed E-state index contributed by atoms with van der Waals surface area (Å²) in [6.45, 7) is 5.28. The molecule has 0 aliphatic rings. The van der Waals surface area contributed by atoms with Crippen LogP contribution in [-0.4, -0.2) is 11.5 Å². The smallest absolute Gasteiger partial charge is 0.140 e. The molecule has 84 valence electrons. The lowest BCUT2D eigenvalue weighted by atomic mass is 10.2. The molecule has 1 N–H and O–H groups in total. The first-order valence-electron chi connectivity index (χ1n) is 5.60. The van der Waals surface area contributed by atoms with Crippen molar-refractivity contribution in [1.29, 1.82) is 0 Å². The van der Waals surface area contributed by atoms with Crippen LogP contribution in [0, 0.1) is 6.92 Å². The molecule has 1 aromatic heterocycles. The number of unbranched alkanes of at least 4 members (excludes halogenated alkanes) is 3. The normalized spacial score (nSPS) is 10.3. The summed E-state index contributed by atoms with van der Waals surface area (Å²) in [5, 5.41) is 3.34. The molecule has 0 aliphatic heterocycles. The minimum atomic E-state index is 0.956. The Bertz CT molecular complexity index is 300. The first-order chi connectivity index (χ1) is 7.24. The van der Waals surface area contributed by atoms with Gasteiger partial charge in [-0.05, 0) is 40.9 Å². The summed E-state index contributed by atoms with van der Waals surface area (Å²) < 4.78 is 1.05. The van der Waals surface area contributed by atoms with E-state index in [-0.39, 0.29) is 0 Å². The van der Waals surface area contributed by atoms with Crippen molar-refractivity contribution >= 4 is 21.7 Å². The molecule has 1 heterocycles. The molecule has 0 unspecified atom stereocenters. The average Bonchev–Trinajstić information content (AvgIpc) is 2.20. The van der Waals surface area contributed by atoms with Crippen LogP contribution in [0.4, 0.5) is 5.82 Å². The first kappa shape index (κ1) is 12.5. The largest absolute Gasteiger partial charge is 0.369 e. The molecule has 0 amide bonds. The Morgan fingerprint density at radius 3 is 2.80 bits per heavy atom. The Morgan fingerprint density at radius 1 is 1.33 bits per heavy atom. The monoisotopic (exact) mass is 270 g/mol. The van der Waals surface area contributed by atoms with E-state index in [1.54, 1.807) is 0 Å². The molecule has 0 aliphatic carbocycles. The van der Waals surface area contributed by atoms with Crippen LogP contribution in [0.1, 0.15) is 38.2 Å². The quantitative estimate of drug-likeness (QED) is 0.786. The van der Waals surface area contributed by atoms with Crippen molar-refractivity contribution in [3.8, 4) is 0 Å². The van der Waals surface area contributed by atoms with E-state index in [0.717, 1.165) is 16.8 Å². The standard InChI is InChI=1S/C12H19BrN2/c1-3-4-5-6-7-14-12-11(13)8-10(2)9-15-12/h8-9H,3-7H2,1-2H3,(H,14,15). The number of nitrogens with zero attached hydrogens (tertiary/aromatic N) is 1. The number of anilines is 1. The van der Waals surface area contributed by atoms with Crippen molar-refractivity contribution < 1.29 is 0 Å². The van der Waals surface area contributed by atoms with Gasteiger partial charge >= 0.3 is 0 Å². The molecule has 0 bridgehead atoms. The van der Waals surface area contributed by atoms with Gasteiger partial charge in [-0.15, -0.1) is 0 Å². The van der Waals surface area contributed by atoms with E-state index in [9.17, 15) is 0 Å². The van der Waals surface area contributed by atoms with Gasteiger partial charge in [0, 0.05) is 12.7 Å². The zero-order valence-electron chi connectivity index (χ0n) is 9.52. The molecule has 1 rings (SSSR count). The SMILES string of the molecule is CCCCCCNc1ncc(C)cc1Br. The Hall–Kier alpha value is -0.570. The third-order valence-corrected chi connectivity index (χ3v) is 2.91. The second-order valence-corrected chi connectivity index (χ2v) is 4.68. The summed E-state index contributed by atoms with van der Waals surface area (Å²) in [6, 6.07) is 2.08. The fraction of sp³-hybridized carbons (Fsp3) is 0.583. The van der Waals surface area contributed by atoms with Crippen LogP contribution < -0.4 is 5.32 Å². The summed E-state index contributed by atoms with van der Waals surface area (Å²) in [5.41, 5.74) is 1.18. The Labute approximate surface area is 101 Å². The number of hydrogen-bond donors (Lipinski definition) is 1. The van der Waals surface area contributed by atoms with Gasteiger partial charge in [-0.3, -0.25) is 0 Å². The predicted octanol–water partition coefficient (Wildman–Crippen LogP) is 4.14. The highest BCUT2D eigenvalue weighted by molar-refractivity contribution is 9.10. The van der Waals surface area contributed by atoms with E-state index < -0.39 is 0 Å². The van der Waals surface area contributed by atoms with Crippen LogP contribution in [0.5, 0.6) is 0 Å². The maximum atomic E-state index is 4.34. The maximum absolute atomic E-state index is 4.34. The van der Waals surface area contributed by atoms with Gasteiger partial charge in [-0.1, -0.05) is 26.2 Å². The van der Waals surface area contributed by atoms with E-state index in [2.05, 4.69) is 39.2 Å². The first-order valence-corrected chi connectivity index (χ1v) is 6.39. The Kier molecular flexibility index (Phi) is 5.69. The average molecular weight is 271 g/mol. The van der Waals surface area contributed by atoms with Crippen LogP contribution in [0.15, 0.2) is 16.7 Å². The van der Waals surface area contributed by atoms with Crippen LogP contribution in [0.2, 0.25) is 0 Å². The molecular formula is C12H19BrN2. The topological polar surface area (TPSA) is 24.9 Å². The molecule has 0 fully saturated rings. The van der Waals surface area contributed by atoms with Gasteiger partial charge in [0.15, 0.2) is 0 Å². The van der Waals surface area contributed by atoms with Crippen LogP contribution in [0.25, 0.3) is 0 Å². The molecule has 0 aromatic carbocycles. The van der Waals surface area contributed by atoms with Gasteiger partial charge in [0.2, 0.25) is 0 Å². The van der Waals surface area contributed by atoms with Crippen molar-refractivity contribution in [2.24, 2.45) is 0 Å². The molecule has 0 atom stereocenters. The minimum Gasteiger partial charge on any atom is -0.369 e. The summed E-state index contributed by atoms with van der Waals surface area (Å²) in [4.78, 5) is 4.34. The molecule has 3 heteroatoms. The lowest BCUT2D eigenvalue weighted by molar-refractivity contribution is 0.684. The number of nitrogens with one attached hydrogen (secondary N) is 1. The van der Waals surface area contributed by atoms with E-state index in [0.29, 0.717) is 0 Å². The highest BCUT2D eigenvalue weighted by atomic mass is 79.9. The Morgan fingerprint density at radius 2 is 2.13 bits per heavy atom. The zero-order chi connectivity index (χ0) is 11.1. The van der Waals surface area contributed by atoms with Gasteiger partial charge in [-0.2, -0.15) is 0 Å². The lowest BCUT2D eigenvalue weighted by Crippen LogP contribution is -2.04. The minimum absolute atomic E-state index is 0.956. The summed E-state index contributed by atoms with van der Waals surface area (Å²) in [5.74, 6) is 0.956. The van der Waals surface area contributed by atoms with E-state index in [1.807, 2.05) is 13.1 Å². The third-order valence-electron chi connectivity index (χ3n) is 2.30.